The quantitative estimate of drug-likeness (QED) is 0.250. The Bertz CT molecular complexity index is 1360. The lowest BCUT2D eigenvalue weighted by molar-refractivity contribution is 0.207. The average molecular weight is 551 g/mol. The molecule has 2 aliphatic rings. The Morgan fingerprint density at radius 3 is 2.49 bits per heavy atom. The number of thiol groups is 1. The lowest BCUT2D eigenvalue weighted by atomic mass is 9.68. The lowest BCUT2D eigenvalue weighted by Gasteiger charge is -2.44. The van der Waals surface area contributed by atoms with E-state index in [1.54, 1.807) is 12.1 Å². The van der Waals surface area contributed by atoms with E-state index in [4.69, 9.17) is 0 Å². The van der Waals surface area contributed by atoms with Crippen LogP contribution in [0.1, 0.15) is 44.0 Å². The van der Waals surface area contributed by atoms with E-state index < -0.39 is 11.0 Å². The van der Waals surface area contributed by atoms with Gasteiger partial charge in [-0.25, -0.2) is 9.07 Å². The summed E-state index contributed by atoms with van der Waals surface area (Å²) in [6, 6.07) is 14.8. The number of benzene rings is 2. The molecule has 1 aliphatic heterocycles. The van der Waals surface area contributed by atoms with Crippen molar-refractivity contribution in [3.05, 3.63) is 82.9 Å². The van der Waals surface area contributed by atoms with Gasteiger partial charge in [0.15, 0.2) is 15.9 Å². The SMILES string of the molecule is CN(C)CCNCC12Cc3cnn(-c4ccc(F)cc4)c3C=C1CCN([SH+](=O)c1ccc(C(C)(C)C)cc1)C2. The Morgan fingerprint density at radius 2 is 1.82 bits per heavy atom. The number of halogens is 1. The number of piperidine rings is 1. The molecule has 2 heterocycles. The van der Waals surface area contributed by atoms with Crippen LogP contribution in [0.5, 0.6) is 0 Å². The monoisotopic (exact) mass is 550 g/mol. The molecule has 0 amide bonds. The molecule has 2 aromatic carbocycles. The molecule has 208 valence electrons. The van der Waals surface area contributed by atoms with E-state index in [1.165, 1.54) is 28.8 Å². The summed E-state index contributed by atoms with van der Waals surface area (Å²) in [5.41, 5.74) is 5.61. The van der Waals surface area contributed by atoms with E-state index in [2.05, 4.69) is 72.7 Å². The smallest absolute Gasteiger partial charge is 0.178 e. The normalized spacial score (nSPS) is 20.4. The Morgan fingerprint density at radius 1 is 1.10 bits per heavy atom. The first-order valence-corrected chi connectivity index (χ1v) is 15.0. The zero-order valence-electron chi connectivity index (χ0n) is 23.7. The molecule has 0 saturated carbocycles. The van der Waals surface area contributed by atoms with Gasteiger partial charge in [0.05, 0.1) is 24.1 Å². The highest BCUT2D eigenvalue weighted by Gasteiger charge is 2.46. The van der Waals surface area contributed by atoms with Gasteiger partial charge in [0.2, 0.25) is 0 Å². The van der Waals surface area contributed by atoms with Crippen LogP contribution in [0.25, 0.3) is 11.8 Å². The van der Waals surface area contributed by atoms with Crippen molar-refractivity contribution >= 4 is 17.1 Å². The van der Waals surface area contributed by atoms with Crippen molar-refractivity contribution in [2.75, 3.05) is 46.8 Å². The fraction of sp³-hybridized carbons (Fsp3) is 0.452. The van der Waals surface area contributed by atoms with E-state index in [0.717, 1.165) is 61.8 Å². The summed E-state index contributed by atoms with van der Waals surface area (Å²) in [6.45, 7) is 10.7. The van der Waals surface area contributed by atoms with Crippen LogP contribution in [0, 0.1) is 11.2 Å². The van der Waals surface area contributed by atoms with Crippen molar-refractivity contribution in [2.24, 2.45) is 5.41 Å². The Balaban J connectivity index is 1.42. The van der Waals surface area contributed by atoms with Gasteiger partial charge in [0.25, 0.3) is 0 Å². The van der Waals surface area contributed by atoms with Gasteiger partial charge in [0.1, 0.15) is 5.82 Å². The number of nitrogens with zero attached hydrogens (tertiary/aromatic N) is 4. The molecule has 1 fully saturated rings. The number of nitrogens with one attached hydrogen (secondary N) is 1. The summed E-state index contributed by atoms with van der Waals surface area (Å²) in [6.07, 6.45) is 5.90. The molecule has 1 saturated heterocycles. The number of likely N-dealkylation sites (N-methyl/N-ethyl adjacent to an activating group) is 1. The second-order valence-corrected chi connectivity index (χ2v) is 13.9. The van der Waals surface area contributed by atoms with Gasteiger partial charge in [-0.15, -0.1) is 4.31 Å². The minimum atomic E-state index is -1.67. The van der Waals surface area contributed by atoms with E-state index in [-0.39, 0.29) is 16.6 Å². The average Bonchev–Trinajstić information content (AvgIpc) is 3.31. The van der Waals surface area contributed by atoms with Gasteiger partial charge in [-0.05, 0) is 86.0 Å². The Labute approximate surface area is 234 Å². The maximum Gasteiger partial charge on any atom is 0.178 e. The van der Waals surface area contributed by atoms with Crippen LogP contribution in [-0.2, 0) is 27.0 Å². The predicted molar refractivity (Wildman–Crippen MR) is 158 cm³/mol. The number of fused-ring (bicyclic) bond motifs is 2. The van der Waals surface area contributed by atoms with Crippen molar-refractivity contribution in [3.8, 4) is 5.69 Å². The lowest BCUT2D eigenvalue weighted by Crippen LogP contribution is -2.52. The van der Waals surface area contributed by atoms with Gasteiger partial charge in [-0.1, -0.05) is 42.7 Å². The van der Waals surface area contributed by atoms with Crippen molar-refractivity contribution in [2.45, 2.75) is 43.9 Å². The zero-order valence-corrected chi connectivity index (χ0v) is 24.6. The molecule has 2 atom stereocenters. The molecule has 1 aliphatic carbocycles. The summed E-state index contributed by atoms with van der Waals surface area (Å²) < 4.78 is 31.5. The molecule has 5 rings (SSSR count). The molecule has 1 N–H and O–H groups in total. The zero-order chi connectivity index (χ0) is 27.8. The number of aromatic nitrogens is 2. The number of rotatable bonds is 8. The summed E-state index contributed by atoms with van der Waals surface area (Å²) in [5, 5.41) is 8.39. The molecular formula is C31H41FN5OS+. The molecule has 3 aromatic rings. The van der Waals surface area contributed by atoms with E-state index >= 15 is 0 Å². The summed E-state index contributed by atoms with van der Waals surface area (Å²) in [7, 11) is 2.49. The topological polar surface area (TPSA) is 53.4 Å². The number of hydrogen-bond donors (Lipinski definition) is 1. The van der Waals surface area contributed by atoms with Gasteiger partial charge in [-0.2, -0.15) is 5.10 Å². The van der Waals surface area contributed by atoms with Gasteiger partial charge >= 0.3 is 0 Å². The van der Waals surface area contributed by atoms with Crippen LogP contribution in [0.15, 0.2) is 65.2 Å². The van der Waals surface area contributed by atoms with Gasteiger partial charge in [-0.3, -0.25) is 0 Å². The highest BCUT2D eigenvalue weighted by Crippen LogP contribution is 2.44. The first kappa shape index (κ1) is 27.9. The predicted octanol–water partition coefficient (Wildman–Crippen LogP) is 4.76. The maximum absolute atomic E-state index is 13.8. The Hall–Kier alpha value is -2.65. The minimum Gasteiger partial charge on any atom is -0.315 e. The van der Waals surface area contributed by atoms with Crippen molar-refractivity contribution < 1.29 is 8.60 Å². The van der Waals surface area contributed by atoms with E-state index in [0.29, 0.717) is 0 Å². The molecule has 6 nitrogen and oxygen atoms in total. The maximum atomic E-state index is 13.8. The molecule has 0 bridgehead atoms. The van der Waals surface area contributed by atoms with E-state index in [1.807, 2.05) is 23.0 Å². The largest absolute Gasteiger partial charge is 0.315 e. The summed E-state index contributed by atoms with van der Waals surface area (Å²) in [4.78, 5) is 3.07. The molecule has 1 aromatic heterocycles. The van der Waals surface area contributed by atoms with Crippen LogP contribution in [0.4, 0.5) is 4.39 Å². The number of hydrogen-bond acceptors (Lipinski definition) is 4. The van der Waals surface area contributed by atoms with Crippen LogP contribution in [0.3, 0.4) is 0 Å². The third-order valence-corrected chi connectivity index (χ3v) is 9.61. The van der Waals surface area contributed by atoms with Crippen molar-refractivity contribution in [3.63, 3.8) is 0 Å². The van der Waals surface area contributed by atoms with Crippen LogP contribution >= 0.6 is 0 Å². The van der Waals surface area contributed by atoms with Crippen LogP contribution in [-0.4, -0.2) is 65.8 Å². The molecule has 0 spiro atoms. The van der Waals surface area contributed by atoms with Gasteiger partial charge in [0, 0.05) is 31.6 Å². The fourth-order valence-corrected chi connectivity index (χ4v) is 7.12. The Kier molecular flexibility index (Phi) is 7.93. The van der Waals surface area contributed by atoms with Crippen LogP contribution < -0.4 is 5.32 Å². The fourth-order valence-electron chi connectivity index (χ4n) is 5.71. The molecule has 8 heteroatoms. The molecular weight excluding hydrogens is 509 g/mol. The highest BCUT2D eigenvalue weighted by molar-refractivity contribution is 7.82. The standard InChI is InChI=1S/C31H40FN5OS/c1-30(2,3)24-6-12-28(13-7-24)39(38)36-16-14-25-18-29-23(19-31(25,22-36)21-33-15-17-35(4)5)20-34-37(29)27-10-8-26(32)9-11-27/h6-13,18,20,33H,14-17,19,21-22H2,1-5H3/p+1. The minimum absolute atomic E-state index is 0.0649. The summed E-state index contributed by atoms with van der Waals surface area (Å²) in [5.74, 6) is -0.254. The van der Waals surface area contributed by atoms with Crippen LogP contribution in [0.2, 0.25) is 0 Å². The molecule has 2 unspecified atom stereocenters. The molecule has 39 heavy (non-hydrogen) atoms. The van der Waals surface area contributed by atoms with Gasteiger partial charge < -0.3 is 10.2 Å². The summed E-state index contributed by atoms with van der Waals surface area (Å²) >= 11 is 0. The third-order valence-electron chi connectivity index (χ3n) is 8.01. The first-order valence-electron chi connectivity index (χ1n) is 13.8. The molecule has 0 radical (unpaired) electrons. The van der Waals surface area contributed by atoms with E-state index in [9.17, 15) is 8.60 Å². The second kappa shape index (κ2) is 11.1. The van der Waals surface area contributed by atoms with Crippen molar-refractivity contribution in [1.29, 1.82) is 0 Å². The van der Waals surface area contributed by atoms with Crippen molar-refractivity contribution in [1.82, 2.24) is 24.3 Å². The second-order valence-electron chi connectivity index (χ2n) is 12.3. The highest BCUT2D eigenvalue weighted by atomic mass is 32.2. The third kappa shape index (κ3) is 5.94. The first-order chi connectivity index (χ1) is 18.6.